The number of nitrogens with zero attached hydrogens (tertiary/aromatic N) is 1. The summed E-state index contributed by atoms with van der Waals surface area (Å²) in [4.78, 5) is 25.9. The van der Waals surface area contributed by atoms with Gasteiger partial charge in [-0.1, -0.05) is 6.92 Å². The zero-order valence-electron chi connectivity index (χ0n) is 17.3. The van der Waals surface area contributed by atoms with E-state index in [-0.39, 0.29) is 30.5 Å². The molecule has 0 saturated heterocycles. The lowest BCUT2D eigenvalue weighted by Gasteiger charge is -2.24. The summed E-state index contributed by atoms with van der Waals surface area (Å²) in [6, 6.07) is 2.53. The molecule has 10 heteroatoms. The first-order valence-electron chi connectivity index (χ1n) is 9.00. The highest BCUT2D eigenvalue weighted by Gasteiger charge is 2.28. The minimum Gasteiger partial charge on any atom is -0.469 e. The van der Waals surface area contributed by atoms with E-state index in [0.717, 1.165) is 0 Å². The Bertz CT molecular complexity index is 765. The molecule has 0 bridgehead atoms. The Labute approximate surface area is 166 Å². The van der Waals surface area contributed by atoms with Crippen molar-refractivity contribution < 1.29 is 31.9 Å². The molecule has 0 aliphatic heterocycles. The van der Waals surface area contributed by atoms with Crippen LogP contribution >= 0.6 is 0 Å². The summed E-state index contributed by atoms with van der Waals surface area (Å²) in [6.45, 7) is 9.62. The zero-order chi connectivity index (χ0) is 21.5. The first kappa shape index (κ1) is 24.1. The van der Waals surface area contributed by atoms with Gasteiger partial charge in [-0.25, -0.2) is 13.1 Å². The van der Waals surface area contributed by atoms with Gasteiger partial charge in [-0.2, -0.15) is 0 Å². The minimum atomic E-state index is -3.90. The minimum absolute atomic E-state index is 0.0849. The maximum Gasteiger partial charge on any atom is 0.310 e. The number of nitrogens with one attached hydrogen (secondary N) is 1. The average Bonchev–Trinajstić information content (AvgIpc) is 3.08. The Morgan fingerprint density at radius 2 is 1.93 bits per heavy atom. The normalized spacial score (nSPS) is 13.2. The second-order valence-electron chi connectivity index (χ2n) is 7.35. The van der Waals surface area contributed by atoms with Crippen molar-refractivity contribution in [2.45, 2.75) is 45.2 Å². The van der Waals surface area contributed by atoms with Crippen LogP contribution < -0.4 is 4.72 Å². The van der Waals surface area contributed by atoms with E-state index in [1.54, 1.807) is 27.7 Å². The number of esters is 1. The fraction of sp³-hybridized carbons (Fsp3) is 0.667. The van der Waals surface area contributed by atoms with Gasteiger partial charge >= 0.3 is 5.97 Å². The van der Waals surface area contributed by atoms with Crippen LogP contribution in [-0.4, -0.2) is 64.1 Å². The number of hydrogen-bond donors (Lipinski definition) is 1. The Morgan fingerprint density at radius 3 is 2.46 bits per heavy atom. The molecule has 9 nitrogen and oxygen atoms in total. The molecular formula is C18H30N2O7S. The molecule has 28 heavy (non-hydrogen) atoms. The van der Waals surface area contributed by atoms with Crippen LogP contribution in [0.25, 0.3) is 0 Å². The molecular weight excluding hydrogens is 388 g/mol. The van der Waals surface area contributed by atoms with E-state index in [1.807, 2.05) is 6.92 Å². The molecule has 0 aliphatic rings. The van der Waals surface area contributed by atoms with Gasteiger partial charge in [0.15, 0.2) is 5.76 Å². The van der Waals surface area contributed by atoms with Crippen molar-refractivity contribution in [1.29, 1.82) is 0 Å². The molecule has 1 unspecified atom stereocenters. The predicted molar refractivity (Wildman–Crippen MR) is 102 cm³/mol. The van der Waals surface area contributed by atoms with E-state index in [9.17, 15) is 18.0 Å². The lowest BCUT2D eigenvalue weighted by Crippen LogP contribution is -2.40. The molecule has 0 spiro atoms. The van der Waals surface area contributed by atoms with E-state index in [2.05, 4.69) is 4.72 Å². The molecule has 1 N–H and O–H groups in total. The molecule has 1 rings (SSSR count). The van der Waals surface area contributed by atoms with E-state index in [0.29, 0.717) is 6.61 Å². The molecule has 1 aromatic rings. The number of hydrogen-bond acceptors (Lipinski definition) is 7. The first-order chi connectivity index (χ1) is 12.9. The van der Waals surface area contributed by atoms with Crippen molar-refractivity contribution in [1.82, 2.24) is 9.62 Å². The third-order valence-electron chi connectivity index (χ3n) is 3.59. The largest absolute Gasteiger partial charge is 0.469 e. The summed E-state index contributed by atoms with van der Waals surface area (Å²) in [5, 5.41) is -0.350. The highest BCUT2D eigenvalue weighted by atomic mass is 32.2. The zero-order valence-corrected chi connectivity index (χ0v) is 18.1. The van der Waals surface area contributed by atoms with Crippen molar-refractivity contribution in [2.24, 2.45) is 5.92 Å². The van der Waals surface area contributed by atoms with Gasteiger partial charge in [0.2, 0.25) is 5.09 Å². The highest BCUT2D eigenvalue weighted by molar-refractivity contribution is 7.89. The van der Waals surface area contributed by atoms with Crippen molar-refractivity contribution in [2.75, 3.05) is 33.4 Å². The highest BCUT2D eigenvalue weighted by Crippen LogP contribution is 2.18. The third kappa shape index (κ3) is 7.25. The molecule has 1 amide bonds. The Kier molecular flexibility index (Phi) is 8.65. The quantitative estimate of drug-likeness (QED) is 0.454. The van der Waals surface area contributed by atoms with Gasteiger partial charge in [-0.05, 0) is 39.8 Å². The number of sulfonamides is 1. The smallest absolute Gasteiger partial charge is 0.310 e. The number of furan rings is 1. The van der Waals surface area contributed by atoms with Gasteiger partial charge in [0.1, 0.15) is 0 Å². The molecule has 1 aromatic heterocycles. The standard InChI is InChI=1S/C18H30N2O7S/c1-7-26-11-10-20(12-13(2)17(22)25-6)16(21)14-8-9-15(27-14)28(23,24)19-18(3,4)5/h8-9,13,19H,7,10-12H2,1-6H3. The number of carbonyl (C=O) groups excluding carboxylic acids is 2. The van der Waals surface area contributed by atoms with Gasteiger partial charge in [0, 0.05) is 25.2 Å². The fourth-order valence-corrected chi connectivity index (χ4v) is 3.74. The topological polar surface area (TPSA) is 115 Å². The molecule has 1 atom stereocenters. The SMILES string of the molecule is CCOCCN(CC(C)C(=O)OC)C(=O)c1ccc(S(=O)(=O)NC(C)(C)C)o1. The van der Waals surface area contributed by atoms with Crippen molar-refractivity contribution >= 4 is 21.9 Å². The molecule has 1 heterocycles. The second kappa shape index (κ2) is 10.0. The van der Waals surface area contributed by atoms with Crippen LogP contribution in [0.4, 0.5) is 0 Å². The summed E-state index contributed by atoms with van der Waals surface area (Å²) in [5.41, 5.74) is -0.699. The molecule has 0 fully saturated rings. The van der Waals surface area contributed by atoms with Crippen LogP contribution in [-0.2, 0) is 24.3 Å². The summed E-state index contributed by atoms with van der Waals surface area (Å²) in [6.07, 6.45) is 0. The fourth-order valence-electron chi connectivity index (χ4n) is 2.39. The number of carbonyl (C=O) groups is 2. The average molecular weight is 419 g/mol. The van der Waals surface area contributed by atoms with Gasteiger partial charge in [0.05, 0.1) is 19.6 Å². The van der Waals surface area contributed by atoms with E-state index in [4.69, 9.17) is 13.9 Å². The van der Waals surface area contributed by atoms with Gasteiger partial charge in [0.25, 0.3) is 15.9 Å². The lowest BCUT2D eigenvalue weighted by atomic mass is 10.1. The van der Waals surface area contributed by atoms with Crippen LogP contribution in [0.5, 0.6) is 0 Å². The Hall–Kier alpha value is -1.91. The summed E-state index contributed by atoms with van der Waals surface area (Å²) >= 11 is 0. The van der Waals surface area contributed by atoms with Crippen molar-refractivity contribution in [3.8, 4) is 0 Å². The molecule has 0 aliphatic carbocycles. The van der Waals surface area contributed by atoms with Crippen molar-refractivity contribution in [3.05, 3.63) is 17.9 Å². The van der Waals surface area contributed by atoms with Gasteiger partial charge < -0.3 is 18.8 Å². The number of ether oxygens (including phenoxy) is 2. The van der Waals surface area contributed by atoms with E-state index >= 15 is 0 Å². The first-order valence-corrected chi connectivity index (χ1v) is 10.5. The second-order valence-corrected chi connectivity index (χ2v) is 8.96. The van der Waals surface area contributed by atoms with Crippen LogP contribution in [0.15, 0.2) is 21.6 Å². The summed E-state index contributed by atoms with van der Waals surface area (Å²) < 4.78 is 42.5. The van der Waals surface area contributed by atoms with Crippen LogP contribution in [0.2, 0.25) is 0 Å². The summed E-state index contributed by atoms with van der Waals surface area (Å²) in [5.74, 6) is -1.68. The number of amides is 1. The predicted octanol–water partition coefficient (Wildman–Crippen LogP) is 1.64. The van der Waals surface area contributed by atoms with E-state index in [1.165, 1.54) is 24.1 Å². The Balaban J connectivity index is 3.02. The summed E-state index contributed by atoms with van der Waals surface area (Å²) in [7, 11) is -2.63. The van der Waals surface area contributed by atoms with Gasteiger partial charge in [-0.3, -0.25) is 9.59 Å². The monoisotopic (exact) mass is 418 g/mol. The maximum atomic E-state index is 12.8. The Morgan fingerprint density at radius 1 is 1.29 bits per heavy atom. The van der Waals surface area contributed by atoms with Crippen LogP contribution in [0, 0.1) is 5.92 Å². The molecule has 0 aromatic carbocycles. The lowest BCUT2D eigenvalue weighted by molar-refractivity contribution is -0.145. The maximum absolute atomic E-state index is 12.8. The number of methoxy groups -OCH3 is 1. The van der Waals surface area contributed by atoms with Crippen molar-refractivity contribution in [3.63, 3.8) is 0 Å². The molecule has 0 radical (unpaired) electrons. The van der Waals surface area contributed by atoms with Crippen LogP contribution in [0.1, 0.15) is 45.2 Å². The molecule has 0 saturated carbocycles. The van der Waals surface area contributed by atoms with Gasteiger partial charge in [-0.15, -0.1) is 0 Å². The molecule has 160 valence electrons. The number of rotatable bonds is 10. The van der Waals surface area contributed by atoms with E-state index < -0.39 is 33.4 Å². The third-order valence-corrected chi connectivity index (χ3v) is 5.22. The van der Waals surface area contributed by atoms with Crippen LogP contribution in [0.3, 0.4) is 0 Å².